The van der Waals surface area contributed by atoms with Crippen LogP contribution >= 0.6 is 11.6 Å². The summed E-state index contributed by atoms with van der Waals surface area (Å²) in [6, 6.07) is 5.25. The number of benzene rings is 1. The summed E-state index contributed by atoms with van der Waals surface area (Å²) in [5.74, 6) is -0.415. The summed E-state index contributed by atoms with van der Waals surface area (Å²) in [7, 11) is 1.95. The van der Waals surface area contributed by atoms with E-state index in [1.54, 1.807) is 12.1 Å². The Morgan fingerprint density at radius 3 is 2.67 bits per heavy atom. The van der Waals surface area contributed by atoms with Crippen LogP contribution in [-0.4, -0.2) is 23.8 Å². The third-order valence-electron chi connectivity index (χ3n) is 3.84. The highest BCUT2D eigenvalue weighted by molar-refractivity contribution is 6.30. The molecule has 1 saturated carbocycles. The summed E-state index contributed by atoms with van der Waals surface area (Å²) < 4.78 is 13.4. The minimum atomic E-state index is -0.701. The van der Waals surface area contributed by atoms with Gasteiger partial charge in [-0.2, -0.15) is 0 Å². The normalized spacial score (nSPS) is 28.3. The lowest BCUT2D eigenvalue weighted by Crippen LogP contribution is -2.41. The average molecular weight is 272 g/mol. The number of hydrogen-bond donors (Lipinski definition) is 2. The van der Waals surface area contributed by atoms with E-state index in [0.717, 1.165) is 31.2 Å². The molecule has 0 unspecified atom stereocenters. The maximum absolute atomic E-state index is 13.4. The zero-order chi connectivity index (χ0) is 13.2. The van der Waals surface area contributed by atoms with Crippen LogP contribution in [0.1, 0.15) is 31.2 Å². The Kier molecular flexibility index (Phi) is 4.25. The van der Waals surface area contributed by atoms with Crippen LogP contribution in [0.4, 0.5) is 4.39 Å². The van der Waals surface area contributed by atoms with E-state index in [0.29, 0.717) is 12.5 Å². The summed E-state index contributed by atoms with van der Waals surface area (Å²) in [5.41, 5.74) is 0.107. The van der Waals surface area contributed by atoms with Crippen molar-refractivity contribution in [3.8, 4) is 0 Å². The van der Waals surface area contributed by atoms with Crippen molar-refractivity contribution in [2.24, 2.45) is 0 Å². The second-order valence-corrected chi connectivity index (χ2v) is 5.62. The van der Waals surface area contributed by atoms with Crippen LogP contribution in [0.15, 0.2) is 18.2 Å². The predicted octanol–water partition coefficient (Wildman–Crippen LogP) is 2.91. The van der Waals surface area contributed by atoms with Gasteiger partial charge in [0.1, 0.15) is 5.82 Å². The van der Waals surface area contributed by atoms with E-state index < -0.39 is 11.4 Å². The van der Waals surface area contributed by atoms with Crippen molar-refractivity contribution in [3.05, 3.63) is 34.6 Å². The van der Waals surface area contributed by atoms with Gasteiger partial charge >= 0.3 is 0 Å². The molecule has 0 radical (unpaired) electrons. The SMILES string of the molecule is CNC1CCC(O)(Cc2ccc(Cl)c(F)c2)CC1. The Hall–Kier alpha value is -0.640. The van der Waals surface area contributed by atoms with Gasteiger partial charge in [0.25, 0.3) is 0 Å². The molecule has 0 aromatic heterocycles. The molecule has 0 bridgehead atoms. The van der Waals surface area contributed by atoms with Gasteiger partial charge in [0.05, 0.1) is 10.6 Å². The molecule has 1 aliphatic carbocycles. The first kappa shape index (κ1) is 13.8. The minimum absolute atomic E-state index is 0.129. The summed E-state index contributed by atoms with van der Waals surface area (Å²) >= 11 is 5.65. The molecule has 1 aromatic rings. The second kappa shape index (κ2) is 5.55. The highest BCUT2D eigenvalue weighted by Crippen LogP contribution is 2.32. The number of nitrogens with one attached hydrogen (secondary N) is 1. The third kappa shape index (κ3) is 3.22. The second-order valence-electron chi connectivity index (χ2n) is 5.21. The lowest BCUT2D eigenvalue weighted by atomic mass is 9.78. The average Bonchev–Trinajstić information content (AvgIpc) is 2.35. The maximum Gasteiger partial charge on any atom is 0.142 e. The van der Waals surface area contributed by atoms with Crippen molar-refractivity contribution in [2.45, 2.75) is 43.7 Å². The zero-order valence-electron chi connectivity index (χ0n) is 10.5. The molecule has 0 aliphatic heterocycles. The monoisotopic (exact) mass is 271 g/mol. The quantitative estimate of drug-likeness (QED) is 0.886. The summed E-state index contributed by atoms with van der Waals surface area (Å²) in [5, 5.41) is 13.9. The number of aliphatic hydroxyl groups is 1. The molecule has 2 rings (SSSR count). The van der Waals surface area contributed by atoms with Gasteiger partial charge in [-0.25, -0.2) is 4.39 Å². The van der Waals surface area contributed by atoms with Gasteiger partial charge in [0, 0.05) is 12.5 Å². The van der Waals surface area contributed by atoms with E-state index in [9.17, 15) is 9.50 Å². The standard InChI is InChI=1S/C14H19ClFNO/c1-17-11-4-6-14(18,7-5-11)9-10-2-3-12(15)13(16)8-10/h2-3,8,11,17-18H,4-7,9H2,1H3. The van der Waals surface area contributed by atoms with Crippen molar-refractivity contribution in [2.75, 3.05) is 7.05 Å². The highest BCUT2D eigenvalue weighted by atomic mass is 35.5. The van der Waals surface area contributed by atoms with Crippen molar-refractivity contribution in [1.29, 1.82) is 0 Å². The smallest absolute Gasteiger partial charge is 0.142 e. The Labute approximate surface area is 112 Å². The maximum atomic E-state index is 13.4. The molecule has 2 nitrogen and oxygen atoms in total. The molecule has 0 saturated heterocycles. The lowest BCUT2D eigenvalue weighted by molar-refractivity contribution is -0.00246. The van der Waals surface area contributed by atoms with Gasteiger partial charge in [0.15, 0.2) is 0 Å². The van der Waals surface area contributed by atoms with Gasteiger partial charge in [-0.05, 0) is 50.4 Å². The van der Waals surface area contributed by atoms with E-state index in [1.807, 2.05) is 7.05 Å². The van der Waals surface area contributed by atoms with Crippen LogP contribution in [0.5, 0.6) is 0 Å². The van der Waals surface area contributed by atoms with Crippen LogP contribution in [-0.2, 0) is 6.42 Å². The molecule has 2 N–H and O–H groups in total. The van der Waals surface area contributed by atoms with Gasteiger partial charge in [0.2, 0.25) is 0 Å². The summed E-state index contributed by atoms with van der Waals surface area (Å²) in [6.07, 6.45) is 3.93. The zero-order valence-corrected chi connectivity index (χ0v) is 11.3. The van der Waals surface area contributed by atoms with Gasteiger partial charge in [-0.15, -0.1) is 0 Å². The fourth-order valence-corrected chi connectivity index (χ4v) is 2.77. The van der Waals surface area contributed by atoms with E-state index >= 15 is 0 Å². The molecule has 1 aromatic carbocycles. The van der Waals surface area contributed by atoms with Gasteiger partial charge in [-0.1, -0.05) is 17.7 Å². The predicted molar refractivity (Wildman–Crippen MR) is 71.4 cm³/mol. The van der Waals surface area contributed by atoms with Crippen LogP contribution in [0, 0.1) is 5.82 Å². The number of halogens is 2. The Morgan fingerprint density at radius 1 is 1.44 bits per heavy atom. The molecule has 0 spiro atoms. The molecule has 4 heteroatoms. The van der Waals surface area contributed by atoms with E-state index in [1.165, 1.54) is 6.07 Å². The fourth-order valence-electron chi connectivity index (χ4n) is 2.65. The fraction of sp³-hybridized carbons (Fsp3) is 0.571. The third-order valence-corrected chi connectivity index (χ3v) is 4.15. The van der Waals surface area contributed by atoms with E-state index in [4.69, 9.17) is 11.6 Å². The Balaban J connectivity index is 2.02. The van der Waals surface area contributed by atoms with Crippen molar-refractivity contribution >= 4 is 11.6 Å². The van der Waals surface area contributed by atoms with Gasteiger partial charge < -0.3 is 10.4 Å². The van der Waals surface area contributed by atoms with E-state index in [-0.39, 0.29) is 5.02 Å². The molecule has 0 amide bonds. The molecule has 1 fully saturated rings. The van der Waals surface area contributed by atoms with Gasteiger partial charge in [-0.3, -0.25) is 0 Å². The largest absolute Gasteiger partial charge is 0.390 e. The Bertz CT molecular complexity index is 416. The van der Waals surface area contributed by atoms with Crippen molar-refractivity contribution in [3.63, 3.8) is 0 Å². The number of hydrogen-bond acceptors (Lipinski definition) is 2. The molecule has 0 heterocycles. The van der Waals surface area contributed by atoms with Crippen LogP contribution in [0.2, 0.25) is 5.02 Å². The van der Waals surface area contributed by atoms with Crippen LogP contribution < -0.4 is 5.32 Å². The lowest BCUT2D eigenvalue weighted by Gasteiger charge is -2.36. The topological polar surface area (TPSA) is 32.3 Å². The molecule has 0 atom stereocenters. The first-order valence-corrected chi connectivity index (χ1v) is 6.74. The molecule has 100 valence electrons. The van der Waals surface area contributed by atoms with Crippen molar-refractivity contribution < 1.29 is 9.50 Å². The Morgan fingerprint density at radius 2 is 2.11 bits per heavy atom. The highest BCUT2D eigenvalue weighted by Gasteiger charge is 2.32. The van der Waals surface area contributed by atoms with Crippen molar-refractivity contribution in [1.82, 2.24) is 5.32 Å². The van der Waals surface area contributed by atoms with E-state index in [2.05, 4.69) is 5.32 Å². The number of rotatable bonds is 3. The van der Waals surface area contributed by atoms with Crippen LogP contribution in [0.3, 0.4) is 0 Å². The first-order valence-electron chi connectivity index (χ1n) is 6.36. The molecule has 18 heavy (non-hydrogen) atoms. The molecule has 1 aliphatic rings. The first-order chi connectivity index (χ1) is 8.52. The molecular weight excluding hydrogens is 253 g/mol. The summed E-state index contributed by atoms with van der Waals surface area (Å²) in [6.45, 7) is 0. The minimum Gasteiger partial charge on any atom is -0.390 e. The summed E-state index contributed by atoms with van der Waals surface area (Å²) in [4.78, 5) is 0. The van der Waals surface area contributed by atoms with Crippen LogP contribution in [0.25, 0.3) is 0 Å². The molecular formula is C14H19ClFNO.